The van der Waals surface area contributed by atoms with Gasteiger partial charge in [-0.05, 0) is 36.2 Å². The maximum Gasteiger partial charge on any atom is 0.336 e. The molecule has 28 heavy (non-hydrogen) atoms. The van der Waals surface area contributed by atoms with Gasteiger partial charge in [0.25, 0.3) is 5.91 Å². The topological polar surface area (TPSA) is 60.9 Å². The van der Waals surface area contributed by atoms with Gasteiger partial charge in [-0.2, -0.15) is 0 Å². The van der Waals surface area contributed by atoms with Gasteiger partial charge in [0, 0.05) is 18.3 Å². The summed E-state index contributed by atoms with van der Waals surface area (Å²) in [5.74, 6) is -1.23. The molecule has 0 aromatic heterocycles. The van der Waals surface area contributed by atoms with Crippen LogP contribution in [0.3, 0.4) is 0 Å². The predicted molar refractivity (Wildman–Crippen MR) is 110 cm³/mol. The molecule has 1 aliphatic heterocycles. The minimum Gasteiger partial charge on any atom is -0.478 e. The fourth-order valence-corrected chi connectivity index (χ4v) is 3.78. The SMILES string of the molecule is Cc1cc2c(c(-c3ccccc3)c1C(=O)O)C(=O)N(c1ccccc1)CN2C. The molecule has 5 heteroatoms. The van der Waals surface area contributed by atoms with Crippen molar-refractivity contribution in [3.05, 3.63) is 83.4 Å². The van der Waals surface area contributed by atoms with Crippen molar-refractivity contribution < 1.29 is 14.7 Å². The first-order valence-corrected chi connectivity index (χ1v) is 9.03. The Morgan fingerprint density at radius 1 is 0.964 bits per heavy atom. The molecule has 0 radical (unpaired) electrons. The number of benzene rings is 3. The summed E-state index contributed by atoms with van der Waals surface area (Å²) in [6.07, 6.45) is 0. The minimum absolute atomic E-state index is 0.168. The molecule has 0 bridgehead atoms. The second-order valence-electron chi connectivity index (χ2n) is 6.92. The third kappa shape index (κ3) is 2.81. The highest BCUT2D eigenvalue weighted by molar-refractivity contribution is 6.18. The molecule has 1 aliphatic rings. The number of carbonyl (C=O) groups excluding carboxylic acids is 1. The highest BCUT2D eigenvalue weighted by Crippen LogP contribution is 2.40. The van der Waals surface area contributed by atoms with Crippen LogP contribution in [-0.2, 0) is 0 Å². The van der Waals surface area contributed by atoms with Gasteiger partial charge >= 0.3 is 5.97 Å². The summed E-state index contributed by atoms with van der Waals surface area (Å²) in [6.45, 7) is 2.17. The third-order valence-electron chi connectivity index (χ3n) is 5.07. The number of hydrogen-bond acceptors (Lipinski definition) is 3. The van der Waals surface area contributed by atoms with Crippen molar-refractivity contribution in [1.29, 1.82) is 0 Å². The van der Waals surface area contributed by atoms with Crippen molar-refractivity contribution in [2.75, 3.05) is 23.5 Å². The van der Waals surface area contributed by atoms with Crippen LogP contribution in [-0.4, -0.2) is 30.7 Å². The third-order valence-corrected chi connectivity index (χ3v) is 5.07. The lowest BCUT2D eigenvalue weighted by Crippen LogP contribution is -2.45. The first kappa shape index (κ1) is 17.8. The molecule has 0 fully saturated rings. The Bertz CT molecular complexity index is 1060. The van der Waals surface area contributed by atoms with E-state index in [0.29, 0.717) is 23.4 Å². The maximum absolute atomic E-state index is 13.5. The molecule has 0 aliphatic carbocycles. The highest BCUT2D eigenvalue weighted by atomic mass is 16.4. The molecule has 0 saturated carbocycles. The molecule has 5 nitrogen and oxygen atoms in total. The van der Waals surface area contributed by atoms with Crippen molar-refractivity contribution >= 4 is 23.3 Å². The van der Waals surface area contributed by atoms with E-state index in [1.54, 1.807) is 17.9 Å². The fraction of sp³-hybridized carbons (Fsp3) is 0.130. The lowest BCUT2D eigenvalue weighted by molar-refractivity contribution is 0.0697. The summed E-state index contributed by atoms with van der Waals surface area (Å²) in [6, 6.07) is 20.5. The van der Waals surface area contributed by atoms with E-state index >= 15 is 0 Å². The van der Waals surface area contributed by atoms with Crippen molar-refractivity contribution in [2.45, 2.75) is 6.92 Å². The fourth-order valence-electron chi connectivity index (χ4n) is 3.78. The number of rotatable bonds is 3. The van der Waals surface area contributed by atoms with E-state index in [2.05, 4.69) is 0 Å². The minimum atomic E-state index is -1.04. The van der Waals surface area contributed by atoms with Crippen LogP contribution >= 0.6 is 0 Å². The molecule has 140 valence electrons. The van der Waals surface area contributed by atoms with Gasteiger partial charge in [0.05, 0.1) is 23.5 Å². The predicted octanol–water partition coefficient (Wildman–Crippen LogP) is 4.41. The van der Waals surface area contributed by atoms with E-state index in [-0.39, 0.29) is 11.5 Å². The Balaban J connectivity index is 2.02. The maximum atomic E-state index is 13.5. The molecule has 1 heterocycles. The van der Waals surface area contributed by atoms with E-state index in [1.165, 1.54) is 0 Å². The number of hydrogen-bond donors (Lipinski definition) is 1. The summed E-state index contributed by atoms with van der Waals surface area (Å²) in [5.41, 5.74) is 3.95. The van der Waals surface area contributed by atoms with Crippen molar-refractivity contribution in [3.63, 3.8) is 0 Å². The van der Waals surface area contributed by atoms with E-state index < -0.39 is 5.97 Å². The van der Waals surface area contributed by atoms with Crippen molar-refractivity contribution in [3.8, 4) is 11.1 Å². The summed E-state index contributed by atoms with van der Waals surface area (Å²) in [7, 11) is 1.91. The van der Waals surface area contributed by atoms with E-state index in [1.807, 2.05) is 72.6 Å². The van der Waals surface area contributed by atoms with Gasteiger partial charge in [-0.15, -0.1) is 0 Å². The molecule has 3 aromatic rings. The zero-order valence-corrected chi connectivity index (χ0v) is 15.7. The standard InChI is InChI=1S/C23H20N2O3/c1-15-13-18-21(20(19(15)23(27)28)16-9-5-3-6-10-16)22(26)25(14-24(18)2)17-11-7-4-8-12-17/h3-13H,14H2,1-2H3,(H,27,28). The van der Waals surface area contributed by atoms with Gasteiger partial charge in [-0.1, -0.05) is 48.5 Å². The molecule has 3 aromatic carbocycles. The van der Waals surface area contributed by atoms with Gasteiger partial charge in [-0.25, -0.2) is 4.79 Å². The van der Waals surface area contributed by atoms with Gasteiger partial charge in [0.2, 0.25) is 0 Å². The van der Waals surface area contributed by atoms with E-state index in [9.17, 15) is 14.7 Å². The Morgan fingerprint density at radius 2 is 1.57 bits per heavy atom. The second kappa shape index (κ2) is 6.85. The number of fused-ring (bicyclic) bond motifs is 1. The number of amides is 1. The van der Waals surface area contributed by atoms with Crippen LogP contribution < -0.4 is 9.80 Å². The van der Waals surface area contributed by atoms with Crippen molar-refractivity contribution in [1.82, 2.24) is 0 Å². The van der Waals surface area contributed by atoms with Crippen LogP contribution in [0.1, 0.15) is 26.3 Å². The number of carbonyl (C=O) groups is 2. The largest absolute Gasteiger partial charge is 0.478 e. The van der Waals surface area contributed by atoms with E-state index in [4.69, 9.17) is 0 Å². The molecule has 4 rings (SSSR count). The number of carboxylic acid groups (broad SMARTS) is 1. The second-order valence-corrected chi connectivity index (χ2v) is 6.92. The summed E-state index contributed by atoms with van der Waals surface area (Å²) in [5, 5.41) is 9.91. The highest BCUT2D eigenvalue weighted by Gasteiger charge is 2.34. The summed E-state index contributed by atoms with van der Waals surface area (Å²) in [4.78, 5) is 29.3. The Kier molecular flexibility index (Phi) is 4.35. The molecule has 0 atom stereocenters. The lowest BCUT2D eigenvalue weighted by atomic mass is 9.88. The average molecular weight is 372 g/mol. The molecule has 0 saturated heterocycles. The number of carboxylic acids is 1. The number of anilines is 2. The first-order valence-electron chi connectivity index (χ1n) is 9.03. The number of nitrogens with zero attached hydrogens (tertiary/aromatic N) is 2. The molecule has 0 spiro atoms. The van der Waals surface area contributed by atoms with Crippen LogP contribution in [0, 0.1) is 6.92 Å². The smallest absolute Gasteiger partial charge is 0.336 e. The van der Waals surface area contributed by atoms with Crippen molar-refractivity contribution in [2.24, 2.45) is 0 Å². The number of aryl methyl sites for hydroxylation is 1. The monoisotopic (exact) mass is 372 g/mol. The lowest BCUT2D eigenvalue weighted by Gasteiger charge is -2.37. The number of aromatic carboxylic acids is 1. The zero-order valence-electron chi connectivity index (χ0n) is 15.7. The molecular formula is C23H20N2O3. The summed E-state index contributed by atoms with van der Waals surface area (Å²) >= 11 is 0. The summed E-state index contributed by atoms with van der Waals surface area (Å²) < 4.78 is 0. The van der Waals surface area contributed by atoms with Gasteiger partial charge < -0.3 is 10.0 Å². The van der Waals surface area contributed by atoms with E-state index in [0.717, 1.165) is 16.9 Å². The van der Waals surface area contributed by atoms with Crippen LogP contribution in [0.2, 0.25) is 0 Å². The van der Waals surface area contributed by atoms with Crippen LogP contribution in [0.15, 0.2) is 66.7 Å². The Hall–Kier alpha value is -3.60. The molecular weight excluding hydrogens is 352 g/mol. The van der Waals surface area contributed by atoms with Gasteiger partial charge in [0.15, 0.2) is 0 Å². The Morgan fingerprint density at radius 3 is 2.18 bits per heavy atom. The first-order chi connectivity index (χ1) is 13.5. The normalized spacial score (nSPS) is 13.4. The quantitative estimate of drug-likeness (QED) is 0.740. The molecule has 1 amide bonds. The average Bonchev–Trinajstić information content (AvgIpc) is 2.70. The number of para-hydroxylation sites is 1. The van der Waals surface area contributed by atoms with Crippen LogP contribution in [0.5, 0.6) is 0 Å². The van der Waals surface area contributed by atoms with Gasteiger partial charge in [0.1, 0.15) is 0 Å². The Labute approximate surface area is 163 Å². The van der Waals surface area contributed by atoms with Crippen LogP contribution in [0.25, 0.3) is 11.1 Å². The molecule has 0 unspecified atom stereocenters. The van der Waals surface area contributed by atoms with Gasteiger partial charge in [-0.3, -0.25) is 9.69 Å². The zero-order chi connectivity index (χ0) is 19.8. The molecule has 1 N–H and O–H groups in total. The van der Waals surface area contributed by atoms with Crippen LogP contribution in [0.4, 0.5) is 11.4 Å².